The molecule has 0 aromatic heterocycles. The van der Waals surface area contributed by atoms with Gasteiger partial charge in [-0.1, -0.05) is 60.7 Å². The highest BCUT2D eigenvalue weighted by molar-refractivity contribution is 7.91. The van der Waals surface area contributed by atoms with Crippen LogP contribution in [-0.4, -0.2) is 31.6 Å². The maximum Gasteiger partial charge on any atom is 0.151 e. The van der Waals surface area contributed by atoms with Crippen LogP contribution in [0.1, 0.15) is 23.5 Å². The third-order valence-corrected chi connectivity index (χ3v) is 5.19. The summed E-state index contributed by atoms with van der Waals surface area (Å²) in [6, 6.07) is 19.4. The lowest BCUT2D eigenvalue weighted by molar-refractivity contribution is 0.295. The van der Waals surface area contributed by atoms with E-state index in [0.29, 0.717) is 6.42 Å². The van der Waals surface area contributed by atoms with Crippen LogP contribution in [0, 0.1) is 0 Å². The second-order valence-electron chi connectivity index (χ2n) is 5.07. The molecule has 1 N–H and O–H groups in total. The summed E-state index contributed by atoms with van der Waals surface area (Å²) >= 11 is 0. The largest absolute Gasteiger partial charge is 0.396 e. The maximum absolute atomic E-state index is 12.2. The van der Waals surface area contributed by atoms with Crippen LogP contribution in [0.15, 0.2) is 60.7 Å². The smallest absolute Gasteiger partial charge is 0.151 e. The van der Waals surface area contributed by atoms with Gasteiger partial charge in [0.2, 0.25) is 0 Å². The van der Waals surface area contributed by atoms with Crippen molar-refractivity contribution in [3.05, 3.63) is 71.8 Å². The summed E-state index contributed by atoms with van der Waals surface area (Å²) in [5.74, 6) is -0.0724. The number of hydrogen-bond acceptors (Lipinski definition) is 3. The minimum Gasteiger partial charge on any atom is -0.396 e. The number of sulfone groups is 1. The van der Waals surface area contributed by atoms with Gasteiger partial charge in [0, 0.05) is 12.5 Å². The molecule has 0 fully saturated rings. The van der Waals surface area contributed by atoms with Crippen LogP contribution in [0.3, 0.4) is 0 Å². The van der Waals surface area contributed by atoms with Gasteiger partial charge < -0.3 is 5.11 Å². The Morgan fingerprint density at radius 1 is 0.857 bits per heavy atom. The minimum atomic E-state index is -3.20. The molecule has 0 atom stereocenters. The number of aliphatic hydroxyl groups excluding tert-OH is 1. The van der Waals surface area contributed by atoms with E-state index in [-0.39, 0.29) is 24.0 Å². The fraction of sp³-hybridized carbons (Fsp3) is 0.294. The molecule has 0 bridgehead atoms. The van der Waals surface area contributed by atoms with E-state index >= 15 is 0 Å². The lowest BCUT2D eigenvalue weighted by Crippen LogP contribution is -2.19. The van der Waals surface area contributed by atoms with Crippen LogP contribution < -0.4 is 0 Å². The van der Waals surface area contributed by atoms with Gasteiger partial charge in [-0.05, 0) is 17.5 Å². The Bertz CT molecular complexity index is 597. The van der Waals surface area contributed by atoms with Crippen LogP contribution in [0.4, 0.5) is 0 Å². The molecule has 0 unspecified atom stereocenters. The molecule has 0 aliphatic rings. The van der Waals surface area contributed by atoms with Crippen molar-refractivity contribution >= 4 is 9.84 Å². The predicted octanol–water partition coefficient (Wildman–Crippen LogP) is 2.62. The van der Waals surface area contributed by atoms with Crippen LogP contribution in [0.5, 0.6) is 0 Å². The van der Waals surface area contributed by atoms with Crippen molar-refractivity contribution in [1.29, 1.82) is 0 Å². The molecule has 0 amide bonds. The van der Waals surface area contributed by atoms with Gasteiger partial charge in [0.05, 0.1) is 11.5 Å². The second kappa shape index (κ2) is 7.38. The van der Waals surface area contributed by atoms with Gasteiger partial charge in [-0.2, -0.15) is 0 Å². The summed E-state index contributed by atoms with van der Waals surface area (Å²) in [5.41, 5.74) is 1.99. The zero-order chi connectivity index (χ0) is 15.1. The molecule has 0 aliphatic heterocycles. The molecule has 0 spiro atoms. The number of aliphatic hydroxyl groups is 1. The van der Waals surface area contributed by atoms with E-state index in [2.05, 4.69) is 0 Å². The van der Waals surface area contributed by atoms with Crippen molar-refractivity contribution in [2.24, 2.45) is 0 Å². The molecule has 21 heavy (non-hydrogen) atoms. The van der Waals surface area contributed by atoms with E-state index in [9.17, 15) is 8.42 Å². The zero-order valence-electron chi connectivity index (χ0n) is 11.9. The van der Waals surface area contributed by atoms with Gasteiger partial charge in [0.15, 0.2) is 9.84 Å². The highest BCUT2D eigenvalue weighted by atomic mass is 32.2. The first-order valence-corrected chi connectivity index (χ1v) is 8.86. The van der Waals surface area contributed by atoms with Crippen molar-refractivity contribution in [3.8, 4) is 0 Å². The van der Waals surface area contributed by atoms with Gasteiger partial charge in [-0.15, -0.1) is 0 Å². The lowest BCUT2D eigenvalue weighted by Gasteiger charge is -2.18. The molecule has 2 rings (SSSR count). The third kappa shape index (κ3) is 4.69. The van der Waals surface area contributed by atoms with Crippen LogP contribution >= 0.6 is 0 Å². The summed E-state index contributed by atoms with van der Waals surface area (Å²) in [6.07, 6.45) is 0.290. The quantitative estimate of drug-likeness (QED) is 0.855. The Morgan fingerprint density at radius 3 is 1.76 bits per heavy atom. The Kier molecular flexibility index (Phi) is 5.53. The van der Waals surface area contributed by atoms with Crippen LogP contribution in [-0.2, 0) is 9.84 Å². The van der Waals surface area contributed by atoms with Gasteiger partial charge in [0.1, 0.15) is 0 Å². The number of benzene rings is 2. The first-order chi connectivity index (χ1) is 10.1. The normalized spacial score (nSPS) is 11.7. The average molecular weight is 304 g/mol. The summed E-state index contributed by atoms with van der Waals surface area (Å²) in [7, 11) is -3.20. The SMILES string of the molecule is O=S(=O)(CCCO)CC(c1ccccc1)c1ccccc1. The fourth-order valence-corrected chi connectivity index (χ4v) is 4.01. The molecular weight excluding hydrogens is 284 g/mol. The third-order valence-electron chi connectivity index (χ3n) is 3.44. The van der Waals surface area contributed by atoms with E-state index in [0.717, 1.165) is 11.1 Å². The molecule has 2 aromatic rings. The number of hydrogen-bond donors (Lipinski definition) is 1. The topological polar surface area (TPSA) is 54.4 Å². The Morgan fingerprint density at radius 2 is 1.33 bits per heavy atom. The summed E-state index contributed by atoms with van der Waals surface area (Å²) in [4.78, 5) is 0. The van der Waals surface area contributed by atoms with E-state index in [1.807, 2.05) is 60.7 Å². The first kappa shape index (κ1) is 15.7. The lowest BCUT2D eigenvalue weighted by atomic mass is 9.93. The molecule has 0 saturated carbocycles. The van der Waals surface area contributed by atoms with Gasteiger partial charge in [-0.3, -0.25) is 0 Å². The molecule has 4 heteroatoms. The Hall–Kier alpha value is -1.65. The maximum atomic E-state index is 12.2. The average Bonchev–Trinajstić information content (AvgIpc) is 2.52. The van der Waals surface area contributed by atoms with Crippen molar-refractivity contribution in [3.63, 3.8) is 0 Å². The van der Waals surface area contributed by atoms with Gasteiger partial charge in [0.25, 0.3) is 0 Å². The van der Waals surface area contributed by atoms with Gasteiger partial charge >= 0.3 is 0 Å². The van der Waals surface area contributed by atoms with E-state index in [1.54, 1.807) is 0 Å². The Labute approximate surface area is 126 Å². The molecule has 112 valence electrons. The van der Waals surface area contributed by atoms with Crippen LogP contribution in [0.25, 0.3) is 0 Å². The molecule has 2 aromatic carbocycles. The highest BCUT2D eigenvalue weighted by Crippen LogP contribution is 2.26. The van der Waals surface area contributed by atoms with Crippen molar-refractivity contribution in [2.45, 2.75) is 12.3 Å². The van der Waals surface area contributed by atoms with Crippen molar-refractivity contribution in [2.75, 3.05) is 18.1 Å². The molecular formula is C17H20O3S. The highest BCUT2D eigenvalue weighted by Gasteiger charge is 2.22. The molecule has 3 nitrogen and oxygen atoms in total. The monoisotopic (exact) mass is 304 g/mol. The summed E-state index contributed by atoms with van der Waals surface area (Å²) in [5, 5.41) is 8.83. The molecule has 0 saturated heterocycles. The molecule has 0 heterocycles. The van der Waals surface area contributed by atoms with E-state index in [4.69, 9.17) is 5.11 Å². The van der Waals surface area contributed by atoms with Crippen LogP contribution in [0.2, 0.25) is 0 Å². The minimum absolute atomic E-state index is 0.0274. The second-order valence-corrected chi connectivity index (χ2v) is 7.29. The summed E-state index contributed by atoms with van der Waals surface area (Å²) in [6.45, 7) is -0.0967. The zero-order valence-corrected chi connectivity index (χ0v) is 12.7. The predicted molar refractivity (Wildman–Crippen MR) is 85.1 cm³/mol. The van der Waals surface area contributed by atoms with E-state index < -0.39 is 9.84 Å². The van der Waals surface area contributed by atoms with Gasteiger partial charge in [-0.25, -0.2) is 8.42 Å². The molecule has 0 aliphatic carbocycles. The Balaban J connectivity index is 2.30. The fourth-order valence-electron chi connectivity index (χ4n) is 2.38. The summed E-state index contributed by atoms with van der Waals surface area (Å²) < 4.78 is 24.5. The first-order valence-electron chi connectivity index (χ1n) is 7.03. The standard InChI is InChI=1S/C17H20O3S/c18-12-7-13-21(19,20)14-17(15-8-3-1-4-9-15)16-10-5-2-6-11-16/h1-6,8-11,17-18H,7,12-14H2. The number of rotatable bonds is 7. The van der Waals surface area contributed by atoms with Crippen molar-refractivity contribution < 1.29 is 13.5 Å². The molecule has 0 radical (unpaired) electrons. The van der Waals surface area contributed by atoms with E-state index in [1.165, 1.54) is 0 Å². The van der Waals surface area contributed by atoms with Crippen molar-refractivity contribution in [1.82, 2.24) is 0 Å².